The predicted octanol–water partition coefficient (Wildman–Crippen LogP) is 3.60. The zero-order chi connectivity index (χ0) is 13.8. The molecule has 2 aromatic rings. The molecule has 0 saturated heterocycles. The van der Waals surface area contributed by atoms with Crippen molar-refractivity contribution in [3.8, 4) is 5.75 Å². The van der Waals surface area contributed by atoms with E-state index >= 15 is 0 Å². The molecular weight excluding hydrogens is 246 g/mol. The summed E-state index contributed by atoms with van der Waals surface area (Å²) in [5, 5.41) is 12.8. The molecule has 2 aromatic carbocycles. The van der Waals surface area contributed by atoms with Gasteiger partial charge in [-0.2, -0.15) is 0 Å². The monoisotopic (exact) mass is 267 g/mol. The molecule has 104 valence electrons. The van der Waals surface area contributed by atoms with Crippen LogP contribution in [0.15, 0.2) is 48.5 Å². The van der Waals surface area contributed by atoms with Crippen molar-refractivity contribution >= 4 is 0 Å². The second-order valence-electron chi connectivity index (χ2n) is 5.59. The summed E-state index contributed by atoms with van der Waals surface area (Å²) in [5.41, 5.74) is 4.26. The molecule has 1 unspecified atom stereocenters. The number of aryl methyl sites for hydroxylation is 1. The van der Waals surface area contributed by atoms with Crippen LogP contribution in [0.2, 0.25) is 0 Å². The van der Waals surface area contributed by atoms with Gasteiger partial charge in [0.25, 0.3) is 0 Å². The molecule has 0 saturated carbocycles. The van der Waals surface area contributed by atoms with Crippen LogP contribution in [-0.2, 0) is 13.0 Å². The van der Waals surface area contributed by atoms with Crippen LogP contribution in [0.4, 0.5) is 0 Å². The molecule has 3 rings (SSSR count). The van der Waals surface area contributed by atoms with Crippen molar-refractivity contribution in [1.29, 1.82) is 0 Å². The van der Waals surface area contributed by atoms with Gasteiger partial charge in [0.2, 0.25) is 0 Å². The normalized spacial score (nSPS) is 17.7. The molecule has 1 atom stereocenters. The molecule has 0 amide bonds. The van der Waals surface area contributed by atoms with E-state index in [0.717, 1.165) is 13.1 Å². The number of rotatable bonds is 4. The van der Waals surface area contributed by atoms with Crippen LogP contribution in [0.5, 0.6) is 5.75 Å². The Bertz CT molecular complexity index is 562. The van der Waals surface area contributed by atoms with Gasteiger partial charge in [0.15, 0.2) is 0 Å². The molecule has 0 spiro atoms. The summed E-state index contributed by atoms with van der Waals surface area (Å²) in [6, 6.07) is 16.3. The Morgan fingerprint density at radius 3 is 2.70 bits per heavy atom. The molecular formula is C18H21NO. The smallest absolute Gasteiger partial charge is 0.115 e. The quantitative estimate of drug-likeness (QED) is 0.887. The molecule has 2 nitrogen and oxygen atoms in total. The summed E-state index contributed by atoms with van der Waals surface area (Å²) in [6.45, 7) is 1.89. The molecule has 2 N–H and O–H groups in total. The van der Waals surface area contributed by atoms with Gasteiger partial charge in [-0.25, -0.2) is 0 Å². The van der Waals surface area contributed by atoms with Gasteiger partial charge in [-0.1, -0.05) is 36.4 Å². The number of phenolic OH excluding ortho intramolecular Hbond substituents is 1. The van der Waals surface area contributed by atoms with Crippen molar-refractivity contribution in [1.82, 2.24) is 5.32 Å². The summed E-state index contributed by atoms with van der Waals surface area (Å²) in [7, 11) is 0. The van der Waals surface area contributed by atoms with E-state index in [-0.39, 0.29) is 0 Å². The first-order valence-corrected chi connectivity index (χ1v) is 7.39. The van der Waals surface area contributed by atoms with Crippen molar-refractivity contribution in [2.45, 2.75) is 31.7 Å². The summed E-state index contributed by atoms with van der Waals surface area (Å²) in [6.07, 6.45) is 3.80. The standard InChI is InChI=1S/C18H21NO/c20-17-10-8-14(9-11-17)12-19-13-16-6-3-5-15-4-1-2-7-18(15)16/h1-2,4,7-11,16,19-20H,3,5-6,12-13H2. The molecule has 0 heterocycles. The minimum atomic E-state index is 0.329. The van der Waals surface area contributed by atoms with Crippen molar-refractivity contribution in [3.05, 3.63) is 65.2 Å². The first-order chi connectivity index (χ1) is 9.83. The Morgan fingerprint density at radius 2 is 1.85 bits per heavy atom. The average molecular weight is 267 g/mol. The molecule has 0 fully saturated rings. The lowest BCUT2D eigenvalue weighted by Gasteiger charge is -2.25. The molecule has 0 aromatic heterocycles. The number of hydrogen-bond donors (Lipinski definition) is 2. The largest absolute Gasteiger partial charge is 0.508 e. The van der Waals surface area contributed by atoms with Gasteiger partial charge in [0.1, 0.15) is 5.75 Å². The van der Waals surface area contributed by atoms with Crippen molar-refractivity contribution in [2.24, 2.45) is 0 Å². The first-order valence-electron chi connectivity index (χ1n) is 7.39. The Morgan fingerprint density at radius 1 is 1.05 bits per heavy atom. The van der Waals surface area contributed by atoms with E-state index in [2.05, 4.69) is 29.6 Å². The van der Waals surface area contributed by atoms with Gasteiger partial charge in [0.05, 0.1) is 0 Å². The molecule has 0 radical (unpaired) electrons. The van der Waals surface area contributed by atoms with Gasteiger partial charge in [-0.15, -0.1) is 0 Å². The van der Waals surface area contributed by atoms with Crippen molar-refractivity contribution < 1.29 is 5.11 Å². The van der Waals surface area contributed by atoms with Crippen LogP contribution < -0.4 is 5.32 Å². The van der Waals surface area contributed by atoms with E-state index in [1.807, 2.05) is 12.1 Å². The minimum absolute atomic E-state index is 0.329. The fourth-order valence-corrected chi connectivity index (χ4v) is 3.07. The topological polar surface area (TPSA) is 32.3 Å². The summed E-state index contributed by atoms with van der Waals surface area (Å²) >= 11 is 0. The highest BCUT2D eigenvalue weighted by molar-refractivity contribution is 5.33. The fraction of sp³-hybridized carbons (Fsp3) is 0.333. The zero-order valence-corrected chi connectivity index (χ0v) is 11.7. The van der Waals surface area contributed by atoms with Crippen LogP contribution in [0.1, 0.15) is 35.4 Å². The Kier molecular flexibility index (Phi) is 4.03. The van der Waals surface area contributed by atoms with E-state index in [1.54, 1.807) is 12.1 Å². The molecule has 0 aliphatic heterocycles. The zero-order valence-electron chi connectivity index (χ0n) is 11.7. The average Bonchev–Trinajstić information content (AvgIpc) is 2.49. The van der Waals surface area contributed by atoms with Crippen LogP contribution in [0.3, 0.4) is 0 Å². The lowest BCUT2D eigenvalue weighted by Crippen LogP contribution is -2.24. The van der Waals surface area contributed by atoms with E-state index in [4.69, 9.17) is 0 Å². The van der Waals surface area contributed by atoms with E-state index in [1.165, 1.54) is 36.0 Å². The van der Waals surface area contributed by atoms with E-state index < -0.39 is 0 Å². The van der Waals surface area contributed by atoms with E-state index in [0.29, 0.717) is 11.7 Å². The predicted molar refractivity (Wildman–Crippen MR) is 81.9 cm³/mol. The summed E-state index contributed by atoms with van der Waals surface area (Å²) in [5.74, 6) is 0.965. The van der Waals surface area contributed by atoms with Gasteiger partial charge in [0, 0.05) is 13.1 Å². The highest BCUT2D eigenvalue weighted by Crippen LogP contribution is 2.30. The third-order valence-corrected chi connectivity index (χ3v) is 4.15. The molecule has 0 bridgehead atoms. The SMILES string of the molecule is Oc1ccc(CNCC2CCCc3ccccc32)cc1. The van der Waals surface area contributed by atoms with Gasteiger partial charge in [-0.3, -0.25) is 0 Å². The number of aromatic hydroxyl groups is 1. The number of phenols is 1. The Labute approximate surface area is 120 Å². The maximum Gasteiger partial charge on any atom is 0.115 e. The highest BCUT2D eigenvalue weighted by atomic mass is 16.3. The highest BCUT2D eigenvalue weighted by Gasteiger charge is 2.18. The minimum Gasteiger partial charge on any atom is -0.508 e. The van der Waals surface area contributed by atoms with Gasteiger partial charge >= 0.3 is 0 Å². The van der Waals surface area contributed by atoms with Crippen molar-refractivity contribution in [2.75, 3.05) is 6.54 Å². The number of nitrogens with one attached hydrogen (secondary N) is 1. The molecule has 1 aliphatic rings. The lowest BCUT2D eigenvalue weighted by atomic mass is 9.83. The third-order valence-electron chi connectivity index (χ3n) is 4.15. The second kappa shape index (κ2) is 6.10. The molecule has 2 heteroatoms. The van der Waals surface area contributed by atoms with Crippen molar-refractivity contribution in [3.63, 3.8) is 0 Å². The number of fused-ring (bicyclic) bond motifs is 1. The van der Waals surface area contributed by atoms with Crippen LogP contribution in [0, 0.1) is 0 Å². The second-order valence-corrected chi connectivity index (χ2v) is 5.59. The molecule has 1 aliphatic carbocycles. The Balaban J connectivity index is 1.58. The fourth-order valence-electron chi connectivity index (χ4n) is 3.07. The van der Waals surface area contributed by atoms with Crippen LogP contribution in [0.25, 0.3) is 0 Å². The first kappa shape index (κ1) is 13.2. The maximum absolute atomic E-state index is 9.27. The van der Waals surface area contributed by atoms with E-state index in [9.17, 15) is 5.11 Å². The van der Waals surface area contributed by atoms with Gasteiger partial charge in [-0.05, 0) is 54.0 Å². The maximum atomic E-state index is 9.27. The molecule has 20 heavy (non-hydrogen) atoms. The summed E-state index contributed by atoms with van der Waals surface area (Å²) < 4.78 is 0. The third kappa shape index (κ3) is 3.02. The number of hydrogen-bond acceptors (Lipinski definition) is 2. The lowest BCUT2D eigenvalue weighted by molar-refractivity contribution is 0.474. The summed E-state index contributed by atoms with van der Waals surface area (Å²) in [4.78, 5) is 0. The Hall–Kier alpha value is -1.80. The van der Waals surface area contributed by atoms with Gasteiger partial charge < -0.3 is 10.4 Å². The van der Waals surface area contributed by atoms with Crippen LogP contribution >= 0.6 is 0 Å². The number of benzene rings is 2. The van der Waals surface area contributed by atoms with Crippen LogP contribution in [-0.4, -0.2) is 11.7 Å².